The second-order valence-corrected chi connectivity index (χ2v) is 8.52. The molecule has 5 nitrogen and oxygen atoms in total. The minimum absolute atomic E-state index is 0. The normalized spacial score (nSPS) is 14.8. The minimum atomic E-state index is -0.833. The zero-order chi connectivity index (χ0) is 22.9. The van der Waals surface area contributed by atoms with Crippen molar-refractivity contribution in [3.05, 3.63) is 89.3 Å². The van der Waals surface area contributed by atoms with Gasteiger partial charge < -0.3 is 10.4 Å². The Morgan fingerprint density at radius 3 is 2.12 bits per heavy atom. The number of benzene rings is 3. The fourth-order valence-corrected chi connectivity index (χ4v) is 4.01. The molecular formula is C25H21N2NaO3S2. The molecule has 1 heterocycles. The van der Waals surface area contributed by atoms with Crippen LogP contribution in [0.25, 0.3) is 17.2 Å². The molecule has 0 atom stereocenters. The number of nitrogens with zero attached hydrogens (tertiary/aromatic N) is 1. The van der Waals surface area contributed by atoms with Gasteiger partial charge in [0.05, 0.1) is 4.91 Å². The van der Waals surface area contributed by atoms with Crippen LogP contribution in [0.15, 0.2) is 87.6 Å². The van der Waals surface area contributed by atoms with Crippen LogP contribution in [0.2, 0.25) is 0 Å². The van der Waals surface area contributed by atoms with Gasteiger partial charge in [0.15, 0.2) is 5.17 Å². The summed E-state index contributed by atoms with van der Waals surface area (Å²) >= 11 is 3.09. The van der Waals surface area contributed by atoms with Crippen LogP contribution in [-0.2, 0) is 9.59 Å². The van der Waals surface area contributed by atoms with Crippen molar-refractivity contribution in [3.63, 3.8) is 0 Å². The van der Waals surface area contributed by atoms with Crippen molar-refractivity contribution in [3.8, 4) is 11.1 Å². The number of thioether (sulfide) groups is 2. The van der Waals surface area contributed by atoms with Gasteiger partial charge in [-0.25, -0.2) is 0 Å². The van der Waals surface area contributed by atoms with Crippen LogP contribution in [0.1, 0.15) is 12.5 Å². The number of carbonyl (C=O) groups is 2. The number of aliphatic imine (C=N–C) groups is 1. The number of carboxylic acids is 1. The van der Waals surface area contributed by atoms with Crippen molar-refractivity contribution in [2.24, 2.45) is 4.99 Å². The smallest absolute Gasteiger partial charge is 0.481 e. The number of aliphatic carboxylic acids is 1. The summed E-state index contributed by atoms with van der Waals surface area (Å²) in [6.45, 7) is 1.08. The van der Waals surface area contributed by atoms with Crippen LogP contribution in [0.4, 0.5) is 5.69 Å². The molecule has 1 aliphatic rings. The Morgan fingerprint density at radius 2 is 1.58 bits per heavy atom. The zero-order valence-electron chi connectivity index (χ0n) is 18.5. The number of nitrogens with one attached hydrogen (secondary N) is 1. The first-order valence-corrected chi connectivity index (χ1v) is 11.7. The van der Waals surface area contributed by atoms with Crippen LogP contribution in [0.5, 0.6) is 0 Å². The fourth-order valence-electron chi connectivity index (χ4n) is 2.76. The Kier molecular flexibility index (Phi) is 11.0. The van der Waals surface area contributed by atoms with E-state index in [1.165, 1.54) is 22.2 Å². The zero-order valence-corrected chi connectivity index (χ0v) is 22.2. The van der Waals surface area contributed by atoms with Gasteiger partial charge in [-0.3, -0.25) is 14.6 Å². The van der Waals surface area contributed by atoms with E-state index in [2.05, 4.69) is 59.0 Å². The third-order valence-corrected chi connectivity index (χ3v) is 5.87. The molecule has 0 bridgehead atoms. The maximum absolute atomic E-state index is 12.2. The summed E-state index contributed by atoms with van der Waals surface area (Å²) < 4.78 is 0. The van der Waals surface area contributed by atoms with Crippen molar-refractivity contribution in [1.82, 2.24) is 5.32 Å². The third kappa shape index (κ3) is 8.53. The van der Waals surface area contributed by atoms with Gasteiger partial charge >= 0.3 is 29.6 Å². The molecule has 0 unspecified atom stereocenters. The molecule has 1 amide bonds. The van der Waals surface area contributed by atoms with Crippen LogP contribution >= 0.6 is 23.5 Å². The minimum Gasteiger partial charge on any atom is -0.481 e. The van der Waals surface area contributed by atoms with Gasteiger partial charge in [-0.15, -0.1) is 23.9 Å². The number of hydrogen-bond acceptors (Lipinski definition) is 5. The Hall–Kier alpha value is -2.29. The van der Waals surface area contributed by atoms with Gasteiger partial charge in [0, 0.05) is 11.8 Å². The summed E-state index contributed by atoms with van der Waals surface area (Å²) in [5.41, 5.74) is 4.11. The molecule has 162 valence electrons. The van der Waals surface area contributed by atoms with E-state index < -0.39 is 5.97 Å². The standard InChI is InChI=1S/C23H17N2OS2.C2H4O2.Na/c1-27-20-13-11-18(12-14-20)17-9-7-16(8-10-17)15-21-22(26)25-23(28-21)24-19-5-3-2-4-6-19;1-2(3)4;/h3-15H,1H3,(H,24,25,26);1H3,(H,3,4);/q-1;;+1/b21-15+;;. The first kappa shape index (κ1) is 27.0. The maximum Gasteiger partial charge on any atom is 1.00 e. The van der Waals surface area contributed by atoms with Gasteiger partial charge in [0.1, 0.15) is 0 Å². The monoisotopic (exact) mass is 484 g/mol. The largest absolute Gasteiger partial charge is 1.00 e. The molecule has 0 spiro atoms. The molecular weight excluding hydrogens is 463 g/mol. The summed E-state index contributed by atoms with van der Waals surface area (Å²) in [7, 11) is 0. The Morgan fingerprint density at radius 1 is 1.03 bits per heavy atom. The first-order valence-electron chi connectivity index (χ1n) is 9.64. The quantitative estimate of drug-likeness (QED) is 0.258. The van der Waals surface area contributed by atoms with E-state index in [1.807, 2.05) is 30.3 Å². The van der Waals surface area contributed by atoms with Gasteiger partial charge in [0.2, 0.25) is 0 Å². The van der Waals surface area contributed by atoms with Crippen molar-refractivity contribution in [2.75, 3.05) is 6.26 Å². The molecule has 0 saturated carbocycles. The molecule has 0 aliphatic carbocycles. The van der Waals surface area contributed by atoms with E-state index in [-0.39, 0.29) is 35.5 Å². The number of amidine groups is 1. The summed E-state index contributed by atoms with van der Waals surface area (Å²) in [6, 6.07) is 27.0. The molecule has 4 rings (SSSR count). The predicted octanol–water partition coefficient (Wildman–Crippen LogP) is 2.86. The molecule has 33 heavy (non-hydrogen) atoms. The van der Waals surface area contributed by atoms with Crippen molar-refractivity contribution in [2.45, 2.75) is 11.8 Å². The molecule has 2 N–H and O–H groups in total. The van der Waals surface area contributed by atoms with E-state index in [0.717, 1.165) is 23.7 Å². The van der Waals surface area contributed by atoms with Crippen molar-refractivity contribution >= 4 is 52.3 Å². The number of carboxylic acid groups (broad SMARTS) is 1. The number of rotatable bonds is 4. The van der Waals surface area contributed by atoms with Crippen LogP contribution in [-0.4, -0.2) is 28.4 Å². The fraction of sp³-hybridized carbons (Fsp3) is 0.0800. The number of hydrogen-bond donors (Lipinski definition) is 2. The van der Waals surface area contributed by atoms with Gasteiger partial charge in [-0.2, -0.15) is 18.2 Å². The molecule has 3 aromatic carbocycles. The second-order valence-electron chi connectivity index (χ2n) is 6.61. The summed E-state index contributed by atoms with van der Waals surface area (Å²) in [5, 5.41) is 10.8. The predicted molar refractivity (Wildman–Crippen MR) is 133 cm³/mol. The summed E-state index contributed by atoms with van der Waals surface area (Å²) in [5.74, 6) is -0.956. The van der Waals surface area contributed by atoms with E-state index in [1.54, 1.807) is 23.9 Å². The first-order chi connectivity index (χ1) is 15.4. The average molecular weight is 485 g/mol. The maximum atomic E-state index is 12.2. The van der Waals surface area contributed by atoms with Gasteiger partial charge in [-0.1, -0.05) is 36.4 Å². The number of carbonyl (C=O) groups excluding carboxylic acids is 1. The topological polar surface area (TPSA) is 78.8 Å². The van der Waals surface area contributed by atoms with Crippen LogP contribution in [0.3, 0.4) is 0 Å². The second kappa shape index (κ2) is 13.4. The molecule has 0 radical (unpaired) electrons. The Labute approximate surface area is 224 Å². The van der Waals surface area contributed by atoms with Gasteiger partial charge in [0.25, 0.3) is 11.9 Å². The Bertz CT molecular complexity index is 1140. The van der Waals surface area contributed by atoms with Crippen LogP contribution in [0, 0.1) is 6.07 Å². The Balaban J connectivity index is 0.000000714. The molecule has 1 saturated heterocycles. The third-order valence-electron chi connectivity index (χ3n) is 4.21. The molecule has 1 aliphatic heterocycles. The van der Waals surface area contributed by atoms with E-state index >= 15 is 0 Å². The number of amides is 1. The van der Waals surface area contributed by atoms with Crippen molar-refractivity contribution in [1.29, 1.82) is 0 Å². The van der Waals surface area contributed by atoms with E-state index in [9.17, 15) is 4.79 Å². The van der Waals surface area contributed by atoms with E-state index in [0.29, 0.717) is 10.1 Å². The van der Waals surface area contributed by atoms with Gasteiger partial charge in [-0.05, 0) is 58.6 Å². The SMILES string of the molecule is CC(=O)O.CSc1ccc(-c2ccc(/C=C3/SC(=Nc4cc[c-]cc4)NC3=O)cc2)cc1.[Na+]. The average Bonchev–Trinajstić information content (AvgIpc) is 3.13. The van der Waals surface area contributed by atoms with E-state index in [4.69, 9.17) is 9.90 Å². The molecule has 3 aromatic rings. The summed E-state index contributed by atoms with van der Waals surface area (Å²) in [6.07, 6.45) is 3.96. The molecule has 0 aromatic heterocycles. The molecule has 8 heteroatoms. The summed E-state index contributed by atoms with van der Waals surface area (Å²) in [4.78, 5) is 27.6. The van der Waals surface area contributed by atoms with Crippen LogP contribution < -0.4 is 34.9 Å². The molecule has 1 fully saturated rings. The van der Waals surface area contributed by atoms with Crippen molar-refractivity contribution < 1.29 is 44.3 Å².